The monoisotopic (exact) mass is 252 g/mol. The van der Waals surface area contributed by atoms with E-state index in [1.807, 2.05) is 0 Å². The lowest BCUT2D eigenvalue weighted by molar-refractivity contribution is 0.614. The van der Waals surface area contributed by atoms with Gasteiger partial charge in [0.1, 0.15) is 5.69 Å². The molecular weight excluding hydrogens is 236 g/mol. The van der Waals surface area contributed by atoms with E-state index in [0.717, 1.165) is 12.2 Å². The van der Waals surface area contributed by atoms with Gasteiger partial charge in [-0.05, 0) is 28.9 Å². The van der Waals surface area contributed by atoms with Crippen molar-refractivity contribution in [2.24, 2.45) is 0 Å². The Morgan fingerprint density at radius 3 is 2.74 bits per heavy atom. The molecule has 0 amide bonds. The normalized spacial score (nSPS) is 12.7. The lowest BCUT2D eigenvalue weighted by Crippen LogP contribution is -2.22. The lowest BCUT2D eigenvalue weighted by Gasteiger charge is -2.16. The number of aromatic amines is 1. The van der Waals surface area contributed by atoms with E-state index in [0.29, 0.717) is 0 Å². The number of H-pyrrole nitrogens is 1. The second kappa shape index (κ2) is 5.20. The molecule has 0 spiro atoms. The first-order chi connectivity index (χ1) is 9.38. The van der Waals surface area contributed by atoms with E-state index in [2.05, 4.69) is 70.1 Å². The molecule has 3 aromatic rings. The highest BCUT2D eigenvalue weighted by Crippen LogP contribution is 2.23. The minimum Gasteiger partial charge on any atom is -0.305 e. The molecule has 0 aliphatic heterocycles. The van der Waals surface area contributed by atoms with Gasteiger partial charge in [0.15, 0.2) is 0 Å². The summed E-state index contributed by atoms with van der Waals surface area (Å²) >= 11 is 0. The molecular formula is C15H16N4. The molecule has 0 fully saturated rings. The van der Waals surface area contributed by atoms with Gasteiger partial charge in [-0.1, -0.05) is 43.3 Å². The number of aromatic nitrogens is 3. The average molecular weight is 252 g/mol. The van der Waals surface area contributed by atoms with Crippen LogP contribution in [0.1, 0.15) is 24.2 Å². The molecule has 2 aromatic carbocycles. The Bertz CT molecular complexity index is 661. The highest BCUT2D eigenvalue weighted by molar-refractivity contribution is 5.83. The molecule has 96 valence electrons. The standard InChI is InChI=1S/C15H16N4/c1-2-16-15(14-10-17-19-18-14)13-8-7-11-5-3-4-6-12(11)9-13/h3-10,15-16H,2H2,1H3,(H,17,18,19). The van der Waals surface area contributed by atoms with Gasteiger partial charge in [-0.3, -0.25) is 0 Å². The first-order valence-electron chi connectivity index (χ1n) is 6.46. The lowest BCUT2D eigenvalue weighted by atomic mass is 10.00. The first kappa shape index (κ1) is 11.9. The fraction of sp³-hybridized carbons (Fsp3) is 0.200. The van der Waals surface area contributed by atoms with Crippen molar-refractivity contribution in [3.8, 4) is 0 Å². The van der Waals surface area contributed by atoms with Crippen molar-refractivity contribution in [3.63, 3.8) is 0 Å². The van der Waals surface area contributed by atoms with E-state index in [9.17, 15) is 0 Å². The molecule has 4 nitrogen and oxygen atoms in total. The van der Waals surface area contributed by atoms with Gasteiger partial charge in [0.2, 0.25) is 0 Å². The van der Waals surface area contributed by atoms with Crippen LogP contribution in [0.25, 0.3) is 10.8 Å². The van der Waals surface area contributed by atoms with Crippen molar-refractivity contribution in [1.29, 1.82) is 0 Å². The summed E-state index contributed by atoms with van der Waals surface area (Å²) in [7, 11) is 0. The van der Waals surface area contributed by atoms with Crippen molar-refractivity contribution in [3.05, 3.63) is 59.9 Å². The van der Waals surface area contributed by atoms with Gasteiger partial charge in [0.25, 0.3) is 0 Å². The van der Waals surface area contributed by atoms with Gasteiger partial charge < -0.3 is 5.32 Å². The number of nitrogens with zero attached hydrogens (tertiary/aromatic N) is 2. The number of hydrogen-bond donors (Lipinski definition) is 2. The fourth-order valence-electron chi connectivity index (χ4n) is 2.33. The van der Waals surface area contributed by atoms with Gasteiger partial charge in [0.05, 0.1) is 12.2 Å². The van der Waals surface area contributed by atoms with Crippen LogP contribution in [0.2, 0.25) is 0 Å². The second-order valence-corrected chi connectivity index (χ2v) is 4.49. The zero-order chi connectivity index (χ0) is 13.1. The molecule has 1 unspecified atom stereocenters. The maximum absolute atomic E-state index is 4.19. The van der Waals surface area contributed by atoms with E-state index in [1.54, 1.807) is 6.20 Å². The fourth-order valence-corrected chi connectivity index (χ4v) is 2.33. The Labute approximate surface area is 111 Å². The Balaban J connectivity index is 2.05. The third-order valence-corrected chi connectivity index (χ3v) is 3.24. The minimum absolute atomic E-state index is 0.0772. The number of hydrogen-bond acceptors (Lipinski definition) is 3. The Kier molecular flexibility index (Phi) is 3.25. The molecule has 1 atom stereocenters. The summed E-state index contributed by atoms with van der Waals surface area (Å²) in [5, 5.41) is 16.7. The summed E-state index contributed by atoms with van der Waals surface area (Å²) in [5.41, 5.74) is 2.12. The van der Waals surface area contributed by atoms with Crippen LogP contribution in [0.4, 0.5) is 0 Å². The zero-order valence-electron chi connectivity index (χ0n) is 10.8. The number of rotatable bonds is 4. The summed E-state index contributed by atoms with van der Waals surface area (Å²) in [5.74, 6) is 0. The van der Waals surface area contributed by atoms with E-state index in [4.69, 9.17) is 0 Å². The molecule has 0 aliphatic carbocycles. The molecule has 0 saturated heterocycles. The highest BCUT2D eigenvalue weighted by atomic mass is 15.3. The number of benzene rings is 2. The quantitative estimate of drug-likeness (QED) is 0.750. The van der Waals surface area contributed by atoms with Crippen LogP contribution in [0.3, 0.4) is 0 Å². The molecule has 1 heterocycles. The van der Waals surface area contributed by atoms with Crippen LogP contribution in [-0.2, 0) is 0 Å². The van der Waals surface area contributed by atoms with Crippen molar-refractivity contribution >= 4 is 10.8 Å². The third kappa shape index (κ3) is 2.35. The molecule has 3 rings (SSSR count). The Hall–Kier alpha value is -2.20. The zero-order valence-corrected chi connectivity index (χ0v) is 10.8. The SMILES string of the molecule is CCNC(c1ccc2ccccc2c1)c1cn[nH]n1. The predicted octanol–water partition coefficient (Wildman–Crippen LogP) is 2.66. The molecule has 0 radical (unpaired) electrons. The number of fused-ring (bicyclic) bond motifs is 1. The van der Waals surface area contributed by atoms with Gasteiger partial charge in [-0.2, -0.15) is 15.4 Å². The predicted molar refractivity (Wildman–Crippen MR) is 75.9 cm³/mol. The summed E-state index contributed by atoms with van der Waals surface area (Å²) in [4.78, 5) is 0. The third-order valence-electron chi connectivity index (χ3n) is 3.24. The summed E-state index contributed by atoms with van der Waals surface area (Å²) in [6, 6.07) is 14.9. The molecule has 0 bridgehead atoms. The molecule has 0 saturated carbocycles. The van der Waals surface area contributed by atoms with Gasteiger partial charge in [-0.15, -0.1) is 0 Å². The Morgan fingerprint density at radius 1 is 1.16 bits per heavy atom. The van der Waals surface area contributed by atoms with E-state index >= 15 is 0 Å². The van der Waals surface area contributed by atoms with E-state index < -0.39 is 0 Å². The number of nitrogens with one attached hydrogen (secondary N) is 2. The van der Waals surface area contributed by atoms with Crippen LogP contribution in [0.5, 0.6) is 0 Å². The Morgan fingerprint density at radius 2 is 2.00 bits per heavy atom. The molecule has 4 heteroatoms. The van der Waals surface area contributed by atoms with E-state index in [-0.39, 0.29) is 6.04 Å². The molecule has 0 aliphatic rings. The minimum atomic E-state index is 0.0772. The average Bonchev–Trinajstić information content (AvgIpc) is 2.98. The maximum atomic E-state index is 4.19. The summed E-state index contributed by atoms with van der Waals surface area (Å²) in [6.07, 6.45) is 1.77. The maximum Gasteiger partial charge on any atom is 0.104 e. The largest absolute Gasteiger partial charge is 0.305 e. The van der Waals surface area contributed by atoms with Crippen LogP contribution in [-0.4, -0.2) is 22.0 Å². The first-order valence-corrected chi connectivity index (χ1v) is 6.46. The molecule has 2 N–H and O–H groups in total. The summed E-state index contributed by atoms with van der Waals surface area (Å²) < 4.78 is 0. The van der Waals surface area contributed by atoms with Gasteiger partial charge >= 0.3 is 0 Å². The van der Waals surface area contributed by atoms with Crippen LogP contribution in [0.15, 0.2) is 48.7 Å². The van der Waals surface area contributed by atoms with Gasteiger partial charge in [0, 0.05) is 0 Å². The van der Waals surface area contributed by atoms with Crippen molar-refractivity contribution in [1.82, 2.24) is 20.7 Å². The topological polar surface area (TPSA) is 53.6 Å². The van der Waals surface area contributed by atoms with Crippen LogP contribution in [0, 0.1) is 0 Å². The van der Waals surface area contributed by atoms with Crippen molar-refractivity contribution < 1.29 is 0 Å². The van der Waals surface area contributed by atoms with Gasteiger partial charge in [-0.25, -0.2) is 0 Å². The van der Waals surface area contributed by atoms with Crippen molar-refractivity contribution in [2.75, 3.05) is 6.54 Å². The molecule has 1 aromatic heterocycles. The van der Waals surface area contributed by atoms with Crippen LogP contribution < -0.4 is 5.32 Å². The smallest absolute Gasteiger partial charge is 0.104 e. The van der Waals surface area contributed by atoms with Crippen LogP contribution >= 0.6 is 0 Å². The molecule has 19 heavy (non-hydrogen) atoms. The highest BCUT2D eigenvalue weighted by Gasteiger charge is 2.15. The van der Waals surface area contributed by atoms with E-state index in [1.165, 1.54) is 16.3 Å². The summed E-state index contributed by atoms with van der Waals surface area (Å²) in [6.45, 7) is 2.97. The van der Waals surface area contributed by atoms with Crippen molar-refractivity contribution in [2.45, 2.75) is 13.0 Å². The second-order valence-electron chi connectivity index (χ2n) is 4.49.